The number of furan rings is 3. The van der Waals surface area contributed by atoms with Crippen molar-refractivity contribution >= 4 is 150 Å². The van der Waals surface area contributed by atoms with E-state index in [0.29, 0.717) is 17.0 Å². The summed E-state index contributed by atoms with van der Waals surface area (Å²) in [5.41, 5.74) is 22.5. The molecular weight excluding hydrogens is 2600 g/mol. The monoisotopic (exact) mass is 2720 g/mol. The molecule has 0 bridgehead atoms. The molecule has 10 aromatic carbocycles. The van der Waals surface area contributed by atoms with Gasteiger partial charge in [-0.05, 0) is 171 Å². The van der Waals surface area contributed by atoms with E-state index in [-0.39, 0.29) is 80.4 Å². The Morgan fingerprint density at radius 2 is 0.789 bits per heavy atom. The Kier molecular flexibility index (Phi) is 36.9. The maximum atomic E-state index is 7.33. The van der Waals surface area contributed by atoms with Crippen LogP contribution < -0.4 is 20.7 Å². The van der Waals surface area contributed by atoms with Crippen molar-refractivity contribution in [2.45, 2.75) is 99.3 Å². The average Bonchev–Trinajstić information content (AvgIpc) is 1.50. The van der Waals surface area contributed by atoms with Crippen LogP contribution in [0.5, 0.6) is 0 Å². The van der Waals surface area contributed by atoms with Crippen LogP contribution in [0.3, 0.4) is 0 Å². The first-order chi connectivity index (χ1) is 70.4. The Labute approximate surface area is 927 Å². The number of rotatable bonds is 12. The summed E-state index contributed by atoms with van der Waals surface area (Å²) in [4.78, 5) is 44.2. The van der Waals surface area contributed by atoms with E-state index in [1.54, 1.807) is 30.7 Å². The number of aryl methyl sites for hydroxylation is 3. The molecule has 0 atom stereocenters. The number of fused-ring (bicyclic) bond motifs is 12. The molecule has 0 N–H and O–H groups in total. The van der Waals surface area contributed by atoms with Gasteiger partial charge in [-0.2, -0.15) is 11.3 Å². The van der Waals surface area contributed by atoms with Crippen molar-refractivity contribution in [2.75, 3.05) is 0 Å². The van der Waals surface area contributed by atoms with Gasteiger partial charge in [-0.25, -0.2) is 4.98 Å². The molecule has 14 aromatic heterocycles. The minimum atomic E-state index is -2.09. The number of thiophene rings is 1. The Hall–Kier alpha value is -13.2. The molecule has 147 heavy (non-hydrogen) atoms. The molecular formula is C125H108Ir4N10O3SSi4-8. The van der Waals surface area contributed by atoms with Gasteiger partial charge in [0.25, 0.3) is 0 Å². The zero-order valence-electron chi connectivity index (χ0n) is 86.8. The van der Waals surface area contributed by atoms with Crippen LogP contribution in [-0.4, -0.2) is 82.1 Å². The largest absolute Gasteiger partial charge is 0.500 e. The Morgan fingerprint density at radius 1 is 0.286 bits per heavy atom. The molecule has 0 unspecified atom stereocenters. The van der Waals surface area contributed by atoms with Gasteiger partial charge >= 0.3 is 0 Å². The third-order valence-corrected chi connectivity index (χ3v) is 33.0. The number of para-hydroxylation sites is 2. The van der Waals surface area contributed by atoms with Crippen LogP contribution in [0.2, 0.25) is 78.6 Å². The van der Waals surface area contributed by atoms with E-state index < -0.39 is 39.1 Å². The Bertz CT molecular complexity index is 8390. The average molecular weight is 2710 g/mol. The molecule has 0 amide bonds. The van der Waals surface area contributed by atoms with Crippen LogP contribution in [-0.2, 0) is 80.4 Å². The van der Waals surface area contributed by atoms with E-state index in [2.05, 4.69) is 275 Å². The number of benzene rings is 10. The molecule has 22 heteroatoms. The fraction of sp³-hybridized carbons (Fsp3) is 0.120. The normalized spacial score (nSPS) is 11.4. The number of hydrogen-bond donors (Lipinski definition) is 0. The van der Waals surface area contributed by atoms with Crippen molar-refractivity contribution in [3.8, 4) is 90.1 Å². The number of nitrogens with zero attached hydrogens (tertiary/aromatic N) is 10. The van der Waals surface area contributed by atoms with Gasteiger partial charge in [0, 0.05) is 161 Å². The van der Waals surface area contributed by atoms with Crippen molar-refractivity contribution in [1.29, 1.82) is 0 Å². The molecule has 4 radical (unpaired) electrons. The molecule has 0 aliphatic rings. The van der Waals surface area contributed by atoms with Crippen LogP contribution in [0, 0.1) is 69.4 Å². The van der Waals surface area contributed by atoms with Gasteiger partial charge in [0.2, 0.25) is 5.71 Å². The van der Waals surface area contributed by atoms with E-state index >= 15 is 0 Å². The molecule has 24 rings (SSSR count). The molecule has 0 saturated heterocycles. The van der Waals surface area contributed by atoms with Gasteiger partial charge in [0.15, 0.2) is 0 Å². The number of hydrogen-bond acceptors (Lipinski definition) is 14. The maximum Gasteiger partial charge on any atom is 0.216 e. The molecule has 0 spiro atoms. The van der Waals surface area contributed by atoms with Crippen molar-refractivity contribution in [3.05, 3.63) is 449 Å². The van der Waals surface area contributed by atoms with Gasteiger partial charge in [-0.15, -0.1) is 209 Å². The molecule has 14 heterocycles. The predicted octanol–water partition coefficient (Wildman–Crippen LogP) is 30.3. The van der Waals surface area contributed by atoms with Gasteiger partial charge in [0.1, 0.15) is 11.2 Å². The number of aromatic nitrogens is 10. The van der Waals surface area contributed by atoms with Crippen molar-refractivity contribution in [1.82, 2.24) is 49.8 Å². The summed E-state index contributed by atoms with van der Waals surface area (Å²) in [5, 5.41) is 14.6. The molecule has 742 valence electrons. The van der Waals surface area contributed by atoms with E-state index in [1.165, 1.54) is 58.7 Å². The van der Waals surface area contributed by atoms with Crippen LogP contribution >= 0.6 is 11.3 Å². The third-order valence-electron chi connectivity index (χ3n) is 23.8. The van der Waals surface area contributed by atoms with E-state index in [0.717, 1.165) is 150 Å². The first-order valence-electron chi connectivity index (χ1n) is 48.9. The molecule has 0 aliphatic heterocycles. The topological polar surface area (TPSA) is 168 Å². The van der Waals surface area contributed by atoms with E-state index in [1.807, 2.05) is 262 Å². The summed E-state index contributed by atoms with van der Waals surface area (Å²) in [6.07, 6.45) is 19.6. The molecule has 0 aliphatic carbocycles. The second kappa shape index (κ2) is 50.9. The summed E-state index contributed by atoms with van der Waals surface area (Å²) in [6, 6.07) is 131. The standard InChI is InChI=1S/C20H19N2OSi.C20H18NOSi.C20H18NSSi.C19H17N2OSi.2C12H10N.2C11H8N.4Ir/c1-13-8-10-16-15-6-5-7-17(19(15)23-20(16)22-13)18-11-9-14(12-21-18)24(2,3)4;1-23(2,3)15-10-11-21-18(13-15)14-8-9-20-17(12-14)16-6-4-5-7-19(16)22-20;1-23(2,3)19-9-6-12-21-20(19)14-10-11-18-16(13-14)15-7-4-5-8-17(15)22-18;1-23(2,3)13-8-9-17(21-10-13)16-12-20-11-15-14-6-4-5-7-18(14)22-19(15)16;1-10-7-8-13-12(9-10)11-5-3-2-4-6-11;1-10-7-8-12(13-9-10)11-5-3-2-4-6-11;2*1-2-6-10(7-3-1)11-8-4-5-9-12-11;;;;/h5-6,8-12H,1-4H3;4-7,9-13H,1-3H3;4-9,11-13H,1-3H3;4-11H,1-3H3;2*2-5,7-9H,1H3;2*1-6,8-9H;;;;/q8*-1;;;;/i;;;;1D3;;;;;;;. The van der Waals surface area contributed by atoms with Crippen molar-refractivity contribution < 1.29 is 97.8 Å². The zero-order chi connectivity index (χ0) is 102. The second-order valence-electron chi connectivity index (χ2n) is 38.4. The summed E-state index contributed by atoms with van der Waals surface area (Å²) >= 11 is 1.83. The molecule has 0 saturated carbocycles. The molecule has 0 fully saturated rings. The van der Waals surface area contributed by atoms with Gasteiger partial charge in [-0.3, -0.25) is 0 Å². The summed E-state index contributed by atoms with van der Waals surface area (Å²) < 4.78 is 42.6. The summed E-state index contributed by atoms with van der Waals surface area (Å²) in [7, 11) is -5.50. The Balaban J connectivity index is 0.000000144. The molecule has 24 aromatic rings. The predicted molar refractivity (Wildman–Crippen MR) is 605 cm³/mol. The quantitative estimate of drug-likeness (QED) is 0.0838. The minimum Gasteiger partial charge on any atom is -0.500 e. The number of pyridine rings is 10. The van der Waals surface area contributed by atoms with Gasteiger partial charge < -0.3 is 58.1 Å². The fourth-order valence-corrected chi connectivity index (χ4v) is 21.8. The zero-order valence-corrected chi connectivity index (χ0v) is 98.2. The van der Waals surface area contributed by atoms with Crippen LogP contribution in [0.15, 0.2) is 397 Å². The SMILES string of the molecule is C[Si](C)(C)c1ccc(-c2[c-]ncc3c2oc2ccccc23)nc1.C[Si](C)(C)c1cccnc1-c1[c-]cc2sc3ccccc3c2c1.C[Si](C)(C)c1ccnc(-c2[c-]cc3oc4ccccc4c3c2)c1.Cc1ccc(-c2[c-]cccc2)nc1.Cc1ccc2c(n1)oc1c(-c3ccc([Si](C)(C)C)cn3)[c-]ccc12.[2H]C([2H])([2H])c1ccnc(-c2[c-]cccc2)c1.[Ir].[Ir].[Ir].[Ir].[c-]1ccccc1-c1ccccn1.[c-]1ccccc1-c1ccccn1. The van der Waals surface area contributed by atoms with Gasteiger partial charge in [0.05, 0.1) is 49.0 Å². The van der Waals surface area contributed by atoms with Crippen molar-refractivity contribution in [2.24, 2.45) is 0 Å². The minimum absolute atomic E-state index is 0. The smallest absolute Gasteiger partial charge is 0.216 e. The van der Waals surface area contributed by atoms with Crippen LogP contribution in [0.1, 0.15) is 20.9 Å². The summed E-state index contributed by atoms with van der Waals surface area (Å²) in [5.74, 6) is 0. The van der Waals surface area contributed by atoms with Gasteiger partial charge in [-0.1, -0.05) is 255 Å². The van der Waals surface area contributed by atoms with Crippen molar-refractivity contribution in [3.63, 3.8) is 0 Å². The fourth-order valence-electron chi connectivity index (χ4n) is 16.0. The Morgan fingerprint density at radius 3 is 1.35 bits per heavy atom. The van der Waals surface area contributed by atoms with E-state index in [9.17, 15) is 0 Å². The first kappa shape index (κ1) is 107. The van der Waals surface area contributed by atoms with E-state index in [4.69, 9.17) is 22.3 Å². The van der Waals surface area contributed by atoms with Crippen LogP contribution in [0.25, 0.3) is 176 Å². The molecule has 13 nitrogen and oxygen atoms in total. The third kappa shape index (κ3) is 28.2. The second-order valence-corrected chi connectivity index (χ2v) is 59.8. The first-order valence-corrected chi connectivity index (χ1v) is 62.2. The maximum absolute atomic E-state index is 7.33. The van der Waals surface area contributed by atoms with Crippen LogP contribution in [0.4, 0.5) is 0 Å². The summed E-state index contributed by atoms with van der Waals surface area (Å²) in [6.45, 7) is 30.0.